The number of rotatable bonds is 7. The number of benzene rings is 2. The van der Waals surface area contributed by atoms with Crippen LogP contribution in [0.4, 0.5) is 9.18 Å². The number of halogens is 2. The Kier molecular flexibility index (Phi) is 6.17. The summed E-state index contributed by atoms with van der Waals surface area (Å²) >= 11 is 6.07. The molecule has 0 fully saturated rings. The van der Waals surface area contributed by atoms with Gasteiger partial charge in [0.1, 0.15) is 17.3 Å². The summed E-state index contributed by atoms with van der Waals surface area (Å²) in [5, 5.41) is 20.7. The molecule has 1 heterocycles. The molecule has 2 amide bonds. The number of amides is 2. The second-order valence-electron chi connectivity index (χ2n) is 6.18. The number of aromatic nitrogens is 4. The Balaban J connectivity index is 1.87. The average molecular weight is 469 g/mol. The fourth-order valence-electron chi connectivity index (χ4n) is 2.54. The maximum atomic E-state index is 13.0. The zero-order valence-corrected chi connectivity index (χ0v) is 17.1. The van der Waals surface area contributed by atoms with E-state index in [0.717, 1.165) is 11.6 Å². The SMILES string of the molecule is NC(=O)CN(C(=O)O)S(=O)(=O)c1ccc(-c2nnn(Cc3ccc(F)cc3)n2)cc1Cl. The highest BCUT2D eigenvalue weighted by Crippen LogP contribution is 2.29. The quantitative estimate of drug-likeness (QED) is 0.524. The van der Waals surface area contributed by atoms with Crippen molar-refractivity contribution < 1.29 is 27.5 Å². The molecule has 0 saturated carbocycles. The standard InChI is InChI=1S/C17H14ClFN6O5S/c18-13-7-11(3-6-14(13)31(29,30)24(17(27)28)9-15(20)26)16-21-23-25(22-16)8-10-1-4-12(19)5-2-10/h1-7H,8-9H2,(H2,20,26)(H,27,28). The van der Waals surface area contributed by atoms with Gasteiger partial charge in [-0.3, -0.25) is 4.79 Å². The first kappa shape index (κ1) is 22.1. The van der Waals surface area contributed by atoms with Gasteiger partial charge in [0.25, 0.3) is 10.0 Å². The van der Waals surface area contributed by atoms with E-state index in [4.69, 9.17) is 22.4 Å². The van der Waals surface area contributed by atoms with E-state index < -0.39 is 33.5 Å². The summed E-state index contributed by atoms with van der Waals surface area (Å²) in [5.74, 6) is -1.40. The molecule has 0 radical (unpaired) electrons. The lowest BCUT2D eigenvalue weighted by molar-refractivity contribution is -0.118. The number of tetrazole rings is 1. The fourth-order valence-corrected chi connectivity index (χ4v) is 4.30. The highest BCUT2D eigenvalue weighted by molar-refractivity contribution is 7.89. The summed E-state index contributed by atoms with van der Waals surface area (Å²) in [4.78, 5) is 23.0. The Hall–Kier alpha value is -3.58. The van der Waals surface area contributed by atoms with Gasteiger partial charge in [0.15, 0.2) is 0 Å². The molecule has 2 aromatic carbocycles. The van der Waals surface area contributed by atoms with E-state index in [-0.39, 0.29) is 27.5 Å². The van der Waals surface area contributed by atoms with Crippen LogP contribution in [0.15, 0.2) is 47.4 Å². The average Bonchev–Trinajstić information content (AvgIpc) is 3.15. The molecule has 0 atom stereocenters. The van der Waals surface area contributed by atoms with E-state index in [1.165, 1.54) is 29.1 Å². The predicted molar refractivity (Wildman–Crippen MR) is 105 cm³/mol. The summed E-state index contributed by atoms with van der Waals surface area (Å²) in [5.41, 5.74) is 5.96. The van der Waals surface area contributed by atoms with Crippen molar-refractivity contribution in [2.75, 3.05) is 6.54 Å². The number of carbonyl (C=O) groups excluding carboxylic acids is 1. The zero-order chi connectivity index (χ0) is 22.8. The van der Waals surface area contributed by atoms with Crippen molar-refractivity contribution in [2.24, 2.45) is 5.73 Å². The summed E-state index contributed by atoms with van der Waals surface area (Å²) in [6.45, 7) is -0.844. The number of carboxylic acid groups (broad SMARTS) is 1. The molecular formula is C17H14ClFN6O5S. The van der Waals surface area contributed by atoms with Gasteiger partial charge in [-0.2, -0.15) is 9.10 Å². The van der Waals surface area contributed by atoms with Crippen molar-refractivity contribution in [1.29, 1.82) is 0 Å². The minimum Gasteiger partial charge on any atom is -0.464 e. The minimum absolute atomic E-state index is 0.104. The predicted octanol–water partition coefficient (Wildman–Crippen LogP) is 1.33. The maximum Gasteiger partial charge on any atom is 0.421 e. The van der Waals surface area contributed by atoms with E-state index in [2.05, 4.69) is 15.4 Å². The smallest absolute Gasteiger partial charge is 0.421 e. The second kappa shape index (κ2) is 8.65. The third kappa shape index (κ3) is 4.95. The minimum atomic E-state index is -4.66. The van der Waals surface area contributed by atoms with E-state index in [1.807, 2.05) is 0 Å². The molecule has 0 spiro atoms. The highest BCUT2D eigenvalue weighted by Gasteiger charge is 2.32. The zero-order valence-electron chi connectivity index (χ0n) is 15.5. The van der Waals surface area contributed by atoms with E-state index in [0.29, 0.717) is 5.56 Å². The molecule has 0 saturated heterocycles. The van der Waals surface area contributed by atoms with Gasteiger partial charge in [0.2, 0.25) is 11.7 Å². The molecule has 0 aliphatic carbocycles. The third-order valence-corrected chi connectivity index (χ3v) is 6.16. The summed E-state index contributed by atoms with van der Waals surface area (Å²) < 4.78 is 38.1. The lowest BCUT2D eigenvalue weighted by Gasteiger charge is -2.18. The van der Waals surface area contributed by atoms with Crippen molar-refractivity contribution in [3.8, 4) is 11.4 Å². The Labute approximate surface area is 179 Å². The van der Waals surface area contributed by atoms with Crippen molar-refractivity contribution in [3.63, 3.8) is 0 Å². The van der Waals surface area contributed by atoms with Crippen LogP contribution in [0.2, 0.25) is 5.02 Å². The van der Waals surface area contributed by atoms with Crippen LogP contribution in [-0.2, 0) is 21.4 Å². The molecule has 3 rings (SSSR count). The van der Waals surface area contributed by atoms with Crippen molar-refractivity contribution in [3.05, 3.63) is 58.9 Å². The maximum absolute atomic E-state index is 13.0. The topological polar surface area (TPSA) is 161 Å². The van der Waals surface area contributed by atoms with Gasteiger partial charge in [-0.25, -0.2) is 17.6 Å². The molecule has 0 aliphatic rings. The van der Waals surface area contributed by atoms with E-state index >= 15 is 0 Å². The number of sulfonamides is 1. The molecule has 31 heavy (non-hydrogen) atoms. The van der Waals surface area contributed by atoms with Crippen molar-refractivity contribution >= 4 is 33.6 Å². The van der Waals surface area contributed by atoms with Gasteiger partial charge in [0.05, 0.1) is 11.6 Å². The number of primary amides is 1. The van der Waals surface area contributed by atoms with Crippen LogP contribution in [0, 0.1) is 5.82 Å². The fraction of sp³-hybridized carbons (Fsp3) is 0.118. The molecule has 11 nitrogen and oxygen atoms in total. The molecule has 0 unspecified atom stereocenters. The first-order valence-electron chi connectivity index (χ1n) is 8.44. The number of hydrogen-bond donors (Lipinski definition) is 2. The third-order valence-electron chi connectivity index (χ3n) is 3.96. The first-order chi connectivity index (χ1) is 14.6. The second-order valence-corrected chi connectivity index (χ2v) is 8.41. The first-order valence-corrected chi connectivity index (χ1v) is 10.3. The van der Waals surface area contributed by atoms with Crippen LogP contribution >= 0.6 is 11.6 Å². The Morgan fingerprint density at radius 3 is 2.45 bits per heavy atom. The molecule has 1 aromatic heterocycles. The number of nitrogens with zero attached hydrogens (tertiary/aromatic N) is 5. The molecule has 3 N–H and O–H groups in total. The van der Waals surface area contributed by atoms with E-state index in [9.17, 15) is 22.4 Å². The van der Waals surface area contributed by atoms with Gasteiger partial charge in [-0.1, -0.05) is 23.7 Å². The van der Waals surface area contributed by atoms with Crippen LogP contribution in [0.3, 0.4) is 0 Å². The largest absolute Gasteiger partial charge is 0.464 e. The number of hydrogen-bond acceptors (Lipinski definition) is 7. The van der Waals surface area contributed by atoms with Gasteiger partial charge in [0, 0.05) is 5.56 Å². The number of carbonyl (C=O) groups is 2. The van der Waals surface area contributed by atoms with Crippen molar-refractivity contribution in [1.82, 2.24) is 24.5 Å². The van der Waals surface area contributed by atoms with Crippen LogP contribution in [0.25, 0.3) is 11.4 Å². The Morgan fingerprint density at radius 2 is 1.87 bits per heavy atom. The summed E-state index contributed by atoms with van der Waals surface area (Å²) in [7, 11) is -4.66. The van der Waals surface area contributed by atoms with Gasteiger partial charge >= 0.3 is 6.09 Å². The van der Waals surface area contributed by atoms with Crippen LogP contribution < -0.4 is 5.73 Å². The normalized spacial score (nSPS) is 11.3. The van der Waals surface area contributed by atoms with Crippen LogP contribution in [-0.4, -0.2) is 56.6 Å². The van der Waals surface area contributed by atoms with E-state index in [1.54, 1.807) is 12.1 Å². The number of nitrogens with two attached hydrogens (primary N) is 1. The molecule has 0 aliphatic heterocycles. The molecule has 0 bridgehead atoms. The van der Waals surface area contributed by atoms with Gasteiger partial charge in [-0.15, -0.1) is 10.2 Å². The monoisotopic (exact) mass is 468 g/mol. The van der Waals surface area contributed by atoms with Crippen molar-refractivity contribution in [2.45, 2.75) is 11.4 Å². The van der Waals surface area contributed by atoms with Gasteiger partial charge in [-0.05, 0) is 41.1 Å². The van der Waals surface area contributed by atoms with Gasteiger partial charge < -0.3 is 10.8 Å². The lowest BCUT2D eigenvalue weighted by atomic mass is 10.2. The summed E-state index contributed by atoms with van der Waals surface area (Å²) in [6, 6.07) is 9.31. The molecule has 162 valence electrons. The Morgan fingerprint density at radius 1 is 1.19 bits per heavy atom. The molecule has 3 aromatic rings. The Bertz CT molecular complexity index is 1250. The molecular weight excluding hydrogens is 455 g/mol. The summed E-state index contributed by atoms with van der Waals surface area (Å²) in [6.07, 6.45) is -1.88. The van der Waals surface area contributed by atoms with Crippen LogP contribution in [0.5, 0.6) is 0 Å². The van der Waals surface area contributed by atoms with Crippen LogP contribution in [0.1, 0.15) is 5.56 Å². The lowest BCUT2D eigenvalue weighted by Crippen LogP contribution is -2.41. The highest BCUT2D eigenvalue weighted by atomic mass is 35.5. The molecule has 14 heteroatoms.